The van der Waals surface area contributed by atoms with Gasteiger partial charge in [-0.1, -0.05) is 6.07 Å². The summed E-state index contributed by atoms with van der Waals surface area (Å²) in [6.45, 7) is 5.43. The monoisotopic (exact) mass is 352 g/mol. The maximum Gasteiger partial charge on any atom is 0.281 e. The van der Waals surface area contributed by atoms with Crippen LogP contribution in [0.25, 0.3) is 0 Å². The number of aromatic nitrogens is 2. The molecule has 0 spiro atoms. The Morgan fingerprint density at radius 2 is 1.96 bits per heavy atom. The number of hydrogen-bond acceptors (Lipinski definition) is 4. The van der Waals surface area contributed by atoms with Gasteiger partial charge in [0.15, 0.2) is 5.03 Å². The van der Waals surface area contributed by atoms with Gasteiger partial charge in [-0.3, -0.25) is 4.72 Å². The summed E-state index contributed by atoms with van der Waals surface area (Å²) in [6.07, 6.45) is 4.94. The molecule has 0 amide bonds. The number of hydrogen-bond donors (Lipinski definition) is 1. The van der Waals surface area contributed by atoms with Gasteiger partial charge in [-0.25, -0.2) is 9.37 Å². The van der Waals surface area contributed by atoms with Crippen LogP contribution in [0.4, 0.5) is 15.8 Å². The first-order chi connectivity index (χ1) is 11.4. The Balaban J connectivity index is 1.94. The molecule has 1 aromatic carbocycles. The number of anilines is 2. The first kappa shape index (κ1) is 16.8. The van der Waals surface area contributed by atoms with Gasteiger partial charge in [0.05, 0.1) is 12.0 Å². The van der Waals surface area contributed by atoms with Crippen molar-refractivity contribution in [2.45, 2.75) is 37.8 Å². The molecule has 0 unspecified atom stereocenters. The van der Waals surface area contributed by atoms with Crippen molar-refractivity contribution < 1.29 is 12.8 Å². The average molecular weight is 352 g/mol. The quantitative estimate of drug-likeness (QED) is 0.898. The van der Waals surface area contributed by atoms with Gasteiger partial charge in [0.1, 0.15) is 11.5 Å². The Hall–Kier alpha value is -2.09. The van der Waals surface area contributed by atoms with Crippen LogP contribution in [-0.2, 0) is 10.0 Å². The number of nitrogens with zero attached hydrogens (tertiary/aromatic N) is 3. The molecule has 0 aliphatic carbocycles. The molecule has 6 nitrogen and oxygen atoms in total. The lowest BCUT2D eigenvalue weighted by molar-refractivity contribution is 0.590. The highest BCUT2D eigenvalue weighted by molar-refractivity contribution is 7.92. The highest BCUT2D eigenvalue weighted by atomic mass is 32.2. The van der Waals surface area contributed by atoms with E-state index in [4.69, 9.17) is 0 Å². The van der Waals surface area contributed by atoms with E-state index in [-0.39, 0.29) is 16.8 Å². The fourth-order valence-electron chi connectivity index (χ4n) is 2.76. The Labute approximate surface area is 141 Å². The molecule has 2 aromatic rings. The van der Waals surface area contributed by atoms with E-state index < -0.39 is 15.8 Å². The second-order valence-electron chi connectivity index (χ2n) is 6.19. The van der Waals surface area contributed by atoms with Crippen LogP contribution in [0.5, 0.6) is 0 Å². The zero-order valence-corrected chi connectivity index (χ0v) is 14.6. The average Bonchev–Trinajstić information content (AvgIpc) is 3.20. The minimum Gasteiger partial charge on any atom is -0.370 e. The molecule has 0 bridgehead atoms. The summed E-state index contributed by atoms with van der Waals surface area (Å²) < 4.78 is 43.5. The number of sulfonamides is 1. The van der Waals surface area contributed by atoms with Crippen LogP contribution in [0.3, 0.4) is 0 Å². The Morgan fingerprint density at radius 1 is 1.25 bits per heavy atom. The summed E-state index contributed by atoms with van der Waals surface area (Å²) in [5.41, 5.74) is 0.554. The Bertz CT molecular complexity index is 826. The first-order valence-electron chi connectivity index (χ1n) is 7.98. The lowest BCUT2D eigenvalue weighted by Gasteiger charge is -2.22. The summed E-state index contributed by atoms with van der Waals surface area (Å²) in [7, 11) is -3.95. The molecule has 1 saturated heterocycles. The number of para-hydroxylation sites is 1. The van der Waals surface area contributed by atoms with Gasteiger partial charge in [0, 0.05) is 25.3 Å². The Kier molecular flexibility index (Phi) is 4.49. The Morgan fingerprint density at radius 3 is 2.58 bits per heavy atom. The van der Waals surface area contributed by atoms with E-state index in [9.17, 15) is 12.8 Å². The van der Waals surface area contributed by atoms with Gasteiger partial charge < -0.3 is 9.47 Å². The maximum atomic E-state index is 14.3. The third-order valence-corrected chi connectivity index (χ3v) is 5.36. The molecule has 130 valence electrons. The first-order valence-corrected chi connectivity index (χ1v) is 9.46. The van der Waals surface area contributed by atoms with Crippen molar-refractivity contribution in [3.63, 3.8) is 0 Å². The third-order valence-electron chi connectivity index (χ3n) is 4.12. The molecule has 8 heteroatoms. The highest BCUT2D eigenvalue weighted by Crippen LogP contribution is 2.32. The molecule has 1 aliphatic heterocycles. The number of rotatable bonds is 5. The molecule has 0 saturated carbocycles. The van der Waals surface area contributed by atoms with E-state index in [2.05, 4.69) is 9.71 Å². The maximum absolute atomic E-state index is 14.3. The number of halogens is 1. The van der Waals surface area contributed by atoms with E-state index in [0.29, 0.717) is 5.69 Å². The molecular formula is C16H21FN4O2S. The largest absolute Gasteiger partial charge is 0.370 e. The van der Waals surface area contributed by atoms with E-state index in [1.165, 1.54) is 18.6 Å². The standard InChI is InChI=1S/C16H21FN4O2S/c1-12(2)21-10-15(18-11-21)24(22,23)19-16-13(17)6-5-7-14(16)20-8-3-4-9-20/h5-7,10-12,19H,3-4,8-9H2,1-2H3. The molecule has 1 fully saturated rings. The molecule has 1 aliphatic rings. The molecule has 0 radical (unpaired) electrons. The van der Waals surface area contributed by atoms with E-state index >= 15 is 0 Å². The number of benzene rings is 1. The van der Waals surface area contributed by atoms with Crippen LogP contribution in [-0.4, -0.2) is 31.1 Å². The van der Waals surface area contributed by atoms with Gasteiger partial charge >= 0.3 is 0 Å². The van der Waals surface area contributed by atoms with Crippen molar-refractivity contribution in [1.29, 1.82) is 0 Å². The van der Waals surface area contributed by atoms with Crippen molar-refractivity contribution in [2.75, 3.05) is 22.7 Å². The lowest BCUT2D eigenvalue weighted by atomic mass is 10.2. The van der Waals surface area contributed by atoms with Crippen molar-refractivity contribution in [3.05, 3.63) is 36.5 Å². The van der Waals surface area contributed by atoms with Gasteiger partial charge in [0.2, 0.25) is 0 Å². The molecule has 24 heavy (non-hydrogen) atoms. The zero-order chi connectivity index (χ0) is 17.3. The van der Waals surface area contributed by atoms with Gasteiger partial charge in [-0.05, 0) is 38.8 Å². The fraction of sp³-hybridized carbons (Fsp3) is 0.438. The summed E-state index contributed by atoms with van der Waals surface area (Å²) in [5, 5.41) is -0.119. The second-order valence-corrected chi connectivity index (χ2v) is 7.82. The van der Waals surface area contributed by atoms with E-state index in [0.717, 1.165) is 25.9 Å². The van der Waals surface area contributed by atoms with Crippen LogP contribution < -0.4 is 9.62 Å². The van der Waals surface area contributed by atoms with Gasteiger partial charge in [-0.2, -0.15) is 8.42 Å². The summed E-state index contributed by atoms with van der Waals surface area (Å²) in [5.74, 6) is -0.591. The molecular weight excluding hydrogens is 331 g/mol. The molecule has 1 aromatic heterocycles. The fourth-order valence-corrected chi connectivity index (χ4v) is 3.78. The van der Waals surface area contributed by atoms with Crippen molar-refractivity contribution in [1.82, 2.24) is 9.55 Å². The van der Waals surface area contributed by atoms with Crippen molar-refractivity contribution in [3.8, 4) is 0 Å². The number of imidazole rings is 1. The van der Waals surface area contributed by atoms with Crippen molar-refractivity contribution in [2.24, 2.45) is 0 Å². The summed E-state index contributed by atoms with van der Waals surface area (Å²) in [6, 6.07) is 4.67. The van der Waals surface area contributed by atoms with Crippen molar-refractivity contribution >= 4 is 21.4 Å². The smallest absolute Gasteiger partial charge is 0.281 e. The van der Waals surface area contributed by atoms with Crippen LogP contribution in [0.15, 0.2) is 35.7 Å². The van der Waals surface area contributed by atoms with E-state index in [1.54, 1.807) is 16.7 Å². The van der Waals surface area contributed by atoms with Gasteiger partial charge in [0.25, 0.3) is 10.0 Å². The molecule has 0 atom stereocenters. The minimum absolute atomic E-state index is 0.0153. The summed E-state index contributed by atoms with van der Waals surface area (Å²) in [4.78, 5) is 5.93. The van der Waals surface area contributed by atoms with Crippen LogP contribution in [0, 0.1) is 5.82 Å². The highest BCUT2D eigenvalue weighted by Gasteiger charge is 2.24. The van der Waals surface area contributed by atoms with Crippen LogP contribution in [0.1, 0.15) is 32.7 Å². The third kappa shape index (κ3) is 3.24. The second kappa shape index (κ2) is 6.43. The van der Waals surface area contributed by atoms with Gasteiger partial charge in [-0.15, -0.1) is 0 Å². The topological polar surface area (TPSA) is 67.2 Å². The predicted molar refractivity (Wildman–Crippen MR) is 91.3 cm³/mol. The predicted octanol–water partition coefficient (Wildman–Crippen LogP) is 3.00. The minimum atomic E-state index is -3.95. The number of nitrogens with one attached hydrogen (secondary N) is 1. The zero-order valence-electron chi connectivity index (χ0n) is 13.7. The normalized spacial score (nSPS) is 15.2. The lowest BCUT2D eigenvalue weighted by Crippen LogP contribution is -2.22. The van der Waals surface area contributed by atoms with Crippen LogP contribution >= 0.6 is 0 Å². The molecule has 3 rings (SSSR count). The molecule has 1 N–H and O–H groups in total. The summed E-state index contributed by atoms with van der Waals surface area (Å²) >= 11 is 0. The van der Waals surface area contributed by atoms with Crippen LogP contribution in [0.2, 0.25) is 0 Å². The SMILES string of the molecule is CC(C)n1cnc(S(=O)(=O)Nc2c(F)cccc2N2CCCC2)c1. The molecule has 2 heterocycles. The van der Waals surface area contributed by atoms with E-state index in [1.807, 2.05) is 18.7 Å².